The Morgan fingerprint density at radius 3 is 2.48 bits per heavy atom. The summed E-state index contributed by atoms with van der Waals surface area (Å²) in [6, 6.07) is 26.8. The molecule has 33 heavy (non-hydrogen) atoms. The third-order valence-corrected chi connectivity index (χ3v) is 6.68. The number of aryl methyl sites for hydroxylation is 1. The maximum absolute atomic E-state index is 12.9. The number of anilines is 1. The van der Waals surface area contributed by atoms with Gasteiger partial charge in [-0.1, -0.05) is 66.4 Å². The molecule has 162 valence electrons. The van der Waals surface area contributed by atoms with Gasteiger partial charge in [0.2, 0.25) is 0 Å². The molecule has 0 aliphatic heterocycles. The predicted molar refractivity (Wildman–Crippen MR) is 134 cm³/mol. The zero-order chi connectivity index (χ0) is 22.8. The van der Waals surface area contributed by atoms with Gasteiger partial charge < -0.3 is 5.32 Å². The summed E-state index contributed by atoms with van der Waals surface area (Å²) >= 11 is 4.95. The molecule has 5 rings (SSSR count). The van der Waals surface area contributed by atoms with Crippen molar-refractivity contribution < 1.29 is 4.79 Å². The second-order valence-electron chi connectivity index (χ2n) is 7.28. The van der Waals surface area contributed by atoms with Crippen molar-refractivity contribution in [2.45, 2.75) is 16.8 Å². The summed E-state index contributed by atoms with van der Waals surface area (Å²) in [6.45, 7) is 1.93. The van der Waals surface area contributed by atoms with Gasteiger partial charge in [0, 0.05) is 20.6 Å². The van der Waals surface area contributed by atoms with Crippen LogP contribution in [0.4, 0.5) is 5.69 Å². The van der Waals surface area contributed by atoms with Gasteiger partial charge in [0.25, 0.3) is 11.7 Å². The molecule has 2 aromatic heterocycles. The van der Waals surface area contributed by atoms with Crippen LogP contribution in [0.25, 0.3) is 17.2 Å². The molecule has 0 fully saturated rings. The zero-order valence-corrected chi connectivity index (χ0v) is 20.0. The van der Waals surface area contributed by atoms with Crippen LogP contribution in [0.15, 0.2) is 99.3 Å². The molecule has 0 unspecified atom stereocenters. The molecule has 0 radical (unpaired) electrons. The first-order valence-corrected chi connectivity index (χ1v) is 11.8. The zero-order valence-electron chi connectivity index (χ0n) is 17.6. The quantitative estimate of drug-likeness (QED) is 0.279. The molecule has 3 aromatic carbocycles. The van der Waals surface area contributed by atoms with Crippen molar-refractivity contribution in [2.24, 2.45) is 0 Å². The molecule has 8 heteroatoms. The Labute approximate surface area is 203 Å². The first-order chi connectivity index (χ1) is 16.1. The van der Waals surface area contributed by atoms with Crippen molar-refractivity contribution >= 4 is 45.1 Å². The lowest BCUT2D eigenvalue weighted by atomic mass is 10.2. The normalized spacial score (nSPS) is 11.0. The summed E-state index contributed by atoms with van der Waals surface area (Å²) < 4.78 is 2.49. The minimum absolute atomic E-state index is 0.182. The fraction of sp³-hybridized carbons (Fsp3) is 0.0400. The van der Waals surface area contributed by atoms with E-state index in [2.05, 4.69) is 31.2 Å². The number of nitrogens with one attached hydrogen (secondary N) is 1. The second-order valence-corrected chi connectivity index (χ2v) is 9.20. The highest BCUT2D eigenvalue weighted by atomic mass is 79.9. The van der Waals surface area contributed by atoms with E-state index in [1.54, 1.807) is 10.6 Å². The topological polar surface area (TPSA) is 72.2 Å². The molecule has 0 spiro atoms. The van der Waals surface area contributed by atoms with Gasteiger partial charge in [-0.2, -0.15) is 9.50 Å². The molecule has 6 nitrogen and oxygen atoms in total. The van der Waals surface area contributed by atoms with Crippen LogP contribution in [0.1, 0.15) is 16.1 Å². The predicted octanol–water partition coefficient (Wildman–Crippen LogP) is 6.27. The highest BCUT2D eigenvalue weighted by Crippen LogP contribution is 2.34. The van der Waals surface area contributed by atoms with Crippen molar-refractivity contribution in [1.29, 1.82) is 0 Å². The maximum atomic E-state index is 12.9. The largest absolute Gasteiger partial charge is 0.321 e. The Bertz CT molecular complexity index is 1470. The third-order valence-electron chi connectivity index (χ3n) is 4.91. The fourth-order valence-corrected chi connectivity index (χ4v) is 4.85. The van der Waals surface area contributed by atoms with E-state index in [9.17, 15) is 4.79 Å². The number of halogens is 1. The number of carbonyl (C=O) groups is 1. The molecule has 0 saturated carbocycles. The second kappa shape index (κ2) is 9.17. The summed E-state index contributed by atoms with van der Waals surface area (Å²) in [5, 5.41) is 8.59. The minimum Gasteiger partial charge on any atom is -0.321 e. The van der Waals surface area contributed by atoms with Crippen molar-refractivity contribution in [3.8, 4) is 11.4 Å². The van der Waals surface area contributed by atoms with Gasteiger partial charge in [-0.25, -0.2) is 4.98 Å². The Morgan fingerprint density at radius 2 is 1.67 bits per heavy atom. The number of fused-ring (bicyclic) bond motifs is 1. The number of hydrogen-bond donors (Lipinski definition) is 1. The number of hydrogen-bond acceptors (Lipinski definition) is 5. The maximum Gasteiger partial charge on any atom is 0.256 e. The molecule has 1 amide bonds. The molecule has 0 saturated heterocycles. The van der Waals surface area contributed by atoms with Crippen LogP contribution >= 0.6 is 27.7 Å². The van der Waals surface area contributed by atoms with E-state index < -0.39 is 0 Å². The van der Waals surface area contributed by atoms with Crippen LogP contribution in [0, 0.1) is 6.92 Å². The van der Waals surface area contributed by atoms with E-state index in [0.717, 1.165) is 25.7 Å². The van der Waals surface area contributed by atoms with Gasteiger partial charge in [0.1, 0.15) is 5.03 Å². The van der Waals surface area contributed by atoms with Gasteiger partial charge in [0.15, 0.2) is 5.82 Å². The number of nitrogens with zero attached hydrogens (tertiary/aromatic N) is 4. The Balaban J connectivity index is 1.50. The molecule has 0 aliphatic rings. The van der Waals surface area contributed by atoms with E-state index in [1.165, 1.54) is 11.8 Å². The van der Waals surface area contributed by atoms with E-state index in [1.807, 2.05) is 85.8 Å². The molecular formula is C25H18BrN5OS. The smallest absolute Gasteiger partial charge is 0.256 e. The molecule has 5 aromatic rings. The molecule has 0 aliphatic carbocycles. The summed E-state index contributed by atoms with van der Waals surface area (Å²) in [5.74, 6) is 0.968. The Hall–Kier alpha value is -3.49. The number of rotatable bonds is 5. The molecule has 2 heterocycles. The molecule has 1 N–H and O–H groups in total. The number of aromatic nitrogens is 4. The van der Waals surface area contributed by atoms with Crippen LogP contribution in [0.3, 0.4) is 0 Å². The van der Waals surface area contributed by atoms with Gasteiger partial charge in [0.05, 0.1) is 11.3 Å². The van der Waals surface area contributed by atoms with E-state index in [0.29, 0.717) is 22.9 Å². The number of benzene rings is 3. The van der Waals surface area contributed by atoms with E-state index in [4.69, 9.17) is 5.10 Å². The fourth-order valence-electron chi connectivity index (χ4n) is 3.34. The molecular weight excluding hydrogens is 498 g/mol. The van der Waals surface area contributed by atoms with Crippen LogP contribution in [0.2, 0.25) is 0 Å². The third kappa shape index (κ3) is 4.53. The standard InChI is InChI=1S/C25H18BrN5OS/c1-16-15-22(31-25(27-16)29-23(30-31)17-9-3-2-4-10-17)33-21-14-8-7-13-20(21)28-24(32)18-11-5-6-12-19(18)26/h2-15H,1H3,(H,28,32). The highest BCUT2D eigenvalue weighted by molar-refractivity contribution is 9.10. The van der Waals surface area contributed by atoms with Crippen molar-refractivity contribution in [2.75, 3.05) is 5.32 Å². The monoisotopic (exact) mass is 515 g/mol. The van der Waals surface area contributed by atoms with Crippen LogP contribution in [-0.4, -0.2) is 25.5 Å². The molecule has 0 bridgehead atoms. The van der Waals surface area contributed by atoms with Crippen LogP contribution in [-0.2, 0) is 0 Å². The Morgan fingerprint density at radius 1 is 0.939 bits per heavy atom. The SMILES string of the molecule is Cc1cc(Sc2ccccc2NC(=O)c2ccccc2Br)n2nc(-c3ccccc3)nc2n1. The summed E-state index contributed by atoms with van der Waals surface area (Å²) in [5.41, 5.74) is 3.06. The van der Waals surface area contributed by atoms with Gasteiger partial charge in [-0.05, 0) is 53.2 Å². The number of amides is 1. The van der Waals surface area contributed by atoms with Crippen molar-refractivity contribution in [3.05, 3.63) is 101 Å². The van der Waals surface area contributed by atoms with E-state index >= 15 is 0 Å². The average molecular weight is 516 g/mol. The highest BCUT2D eigenvalue weighted by Gasteiger charge is 2.16. The van der Waals surface area contributed by atoms with Crippen LogP contribution in [0.5, 0.6) is 0 Å². The summed E-state index contributed by atoms with van der Waals surface area (Å²) in [7, 11) is 0. The average Bonchev–Trinajstić information content (AvgIpc) is 3.25. The Kier molecular flexibility index (Phi) is 5.93. The number of para-hydroxylation sites is 1. The first kappa shape index (κ1) is 21.4. The lowest BCUT2D eigenvalue weighted by Crippen LogP contribution is -2.13. The lowest BCUT2D eigenvalue weighted by molar-refractivity contribution is 0.102. The van der Waals surface area contributed by atoms with Gasteiger partial charge in [-0.15, -0.1) is 5.10 Å². The van der Waals surface area contributed by atoms with Crippen molar-refractivity contribution in [1.82, 2.24) is 19.6 Å². The van der Waals surface area contributed by atoms with Crippen LogP contribution < -0.4 is 5.32 Å². The van der Waals surface area contributed by atoms with Gasteiger partial charge >= 0.3 is 0 Å². The first-order valence-electron chi connectivity index (χ1n) is 10.2. The lowest BCUT2D eigenvalue weighted by Gasteiger charge is -2.12. The minimum atomic E-state index is -0.182. The van der Waals surface area contributed by atoms with Crippen molar-refractivity contribution in [3.63, 3.8) is 0 Å². The summed E-state index contributed by atoms with van der Waals surface area (Å²) in [6.07, 6.45) is 0. The number of carbonyl (C=O) groups excluding carboxylic acids is 1. The van der Waals surface area contributed by atoms with Gasteiger partial charge in [-0.3, -0.25) is 4.79 Å². The summed E-state index contributed by atoms with van der Waals surface area (Å²) in [4.78, 5) is 22.9. The van der Waals surface area contributed by atoms with E-state index in [-0.39, 0.29) is 5.91 Å². The molecule has 0 atom stereocenters.